The Hall–Kier alpha value is -0.650. The van der Waals surface area contributed by atoms with Crippen LogP contribution in [0.2, 0.25) is 0 Å². The molecule has 2 N–H and O–H groups in total. The van der Waals surface area contributed by atoms with E-state index in [1.807, 2.05) is 13.8 Å². The second-order valence-electron chi connectivity index (χ2n) is 5.29. The maximum absolute atomic E-state index is 12.3. The van der Waals surface area contributed by atoms with Crippen LogP contribution in [0.15, 0.2) is 0 Å². The zero-order valence-electron chi connectivity index (χ0n) is 9.99. The van der Waals surface area contributed by atoms with Gasteiger partial charge in [0.15, 0.2) is 0 Å². The smallest absolute Gasteiger partial charge is 0.245 e. The van der Waals surface area contributed by atoms with Crippen LogP contribution >= 0.6 is 0 Å². The summed E-state index contributed by atoms with van der Waals surface area (Å²) in [5, 5.41) is 0. The Morgan fingerprint density at radius 2 is 2.12 bits per heavy atom. The van der Waals surface area contributed by atoms with Crippen LogP contribution in [0.3, 0.4) is 0 Å². The van der Waals surface area contributed by atoms with E-state index in [1.54, 1.807) is 4.90 Å². The van der Waals surface area contributed by atoms with Gasteiger partial charge in [-0.3, -0.25) is 4.79 Å². The molecule has 0 radical (unpaired) electrons. The number of hydrogen-bond donors (Lipinski definition) is 1. The minimum absolute atomic E-state index is 0.00127. The van der Waals surface area contributed by atoms with Crippen molar-refractivity contribution < 1.29 is 14.3 Å². The predicted molar refractivity (Wildman–Crippen MR) is 59.0 cm³/mol. The van der Waals surface area contributed by atoms with Gasteiger partial charge in [-0.15, -0.1) is 0 Å². The van der Waals surface area contributed by atoms with Crippen LogP contribution in [0.25, 0.3) is 0 Å². The maximum atomic E-state index is 12.3. The Morgan fingerprint density at radius 1 is 1.38 bits per heavy atom. The van der Waals surface area contributed by atoms with Crippen molar-refractivity contribution in [2.24, 2.45) is 5.73 Å². The van der Waals surface area contributed by atoms with Crippen LogP contribution in [0.4, 0.5) is 0 Å². The van der Waals surface area contributed by atoms with Crippen LogP contribution in [-0.2, 0) is 14.3 Å². The van der Waals surface area contributed by atoms with E-state index < -0.39 is 5.54 Å². The topological polar surface area (TPSA) is 64.8 Å². The normalized spacial score (nSPS) is 34.1. The summed E-state index contributed by atoms with van der Waals surface area (Å²) in [6.07, 6.45) is 0.615. The molecule has 5 heteroatoms. The van der Waals surface area contributed by atoms with Gasteiger partial charge in [-0.1, -0.05) is 0 Å². The highest BCUT2D eigenvalue weighted by atomic mass is 16.5. The quantitative estimate of drug-likeness (QED) is 0.671. The van der Waals surface area contributed by atoms with Gasteiger partial charge in [0, 0.05) is 19.7 Å². The maximum Gasteiger partial charge on any atom is 0.245 e. The monoisotopic (exact) mass is 228 g/mol. The molecular weight excluding hydrogens is 208 g/mol. The van der Waals surface area contributed by atoms with E-state index in [4.69, 9.17) is 15.2 Å². The molecule has 92 valence electrons. The molecule has 0 bridgehead atoms. The summed E-state index contributed by atoms with van der Waals surface area (Å²) in [6.45, 7) is 6.70. The lowest BCUT2D eigenvalue weighted by Crippen LogP contribution is -2.61. The summed E-state index contributed by atoms with van der Waals surface area (Å²) >= 11 is 0. The first kappa shape index (κ1) is 11.8. The molecule has 1 amide bonds. The molecule has 1 atom stereocenters. The second-order valence-corrected chi connectivity index (χ2v) is 5.29. The fraction of sp³-hybridized carbons (Fsp3) is 0.909. The number of ether oxygens (including phenoxy) is 2. The molecule has 2 aliphatic heterocycles. The summed E-state index contributed by atoms with van der Waals surface area (Å²) in [6, 6.07) is 0. The van der Waals surface area contributed by atoms with Gasteiger partial charge in [0.25, 0.3) is 0 Å². The number of hydrogen-bond acceptors (Lipinski definition) is 4. The highest BCUT2D eigenvalue weighted by Gasteiger charge is 2.43. The van der Waals surface area contributed by atoms with Gasteiger partial charge in [-0.2, -0.15) is 0 Å². The summed E-state index contributed by atoms with van der Waals surface area (Å²) < 4.78 is 10.8. The Morgan fingerprint density at radius 3 is 2.69 bits per heavy atom. The van der Waals surface area contributed by atoms with Crippen molar-refractivity contribution in [3.8, 4) is 0 Å². The molecule has 0 spiro atoms. The average molecular weight is 228 g/mol. The van der Waals surface area contributed by atoms with Crippen LogP contribution < -0.4 is 5.73 Å². The van der Waals surface area contributed by atoms with Gasteiger partial charge >= 0.3 is 0 Å². The molecule has 2 aliphatic rings. The zero-order chi connectivity index (χ0) is 11.8. The van der Waals surface area contributed by atoms with Gasteiger partial charge < -0.3 is 20.1 Å². The minimum atomic E-state index is -0.812. The zero-order valence-corrected chi connectivity index (χ0v) is 9.99. The van der Waals surface area contributed by atoms with E-state index >= 15 is 0 Å². The third kappa shape index (κ3) is 2.21. The van der Waals surface area contributed by atoms with Gasteiger partial charge in [0.05, 0.1) is 18.8 Å². The van der Waals surface area contributed by atoms with E-state index in [-0.39, 0.29) is 11.5 Å². The molecule has 0 aromatic heterocycles. The molecule has 0 aliphatic carbocycles. The number of rotatable bonds is 1. The lowest BCUT2D eigenvalue weighted by molar-refractivity contribution is -0.151. The fourth-order valence-corrected chi connectivity index (χ4v) is 2.25. The van der Waals surface area contributed by atoms with E-state index in [9.17, 15) is 4.79 Å². The van der Waals surface area contributed by atoms with Crippen molar-refractivity contribution in [3.05, 3.63) is 0 Å². The number of amides is 1. The van der Waals surface area contributed by atoms with Gasteiger partial charge in [-0.25, -0.2) is 0 Å². The van der Waals surface area contributed by atoms with Crippen LogP contribution in [0.1, 0.15) is 20.3 Å². The number of carbonyl (C=O) groups excluding carboxylic acids is 1. The highest BCUT2D eigenvalue weighted by Crippen LogP contribution is 2.23. The second kappa shape index (κ2) is 3.98. The van der Waals surface area contributed by atoms with Gasteiger partial charge in [-0.05, 0) is 20.3 Å². The molecule has 0 aromatic carbocycles. The van der Waals surface area contributed by atoms with Crippen molar-refractivity contribution in [1.82, 2.24) is 4.90 Å². The largest absolute Gasteiger partial charge is 0.379 e. The first-order chi connectivity index (χ1) is 7.43. The summed E-state index contributed by atoms with van der Waals surface area (Å²) in [7, 11) is 0. The molecular formula is C11H20N2O3. The van der Waals surface area contributed by atoms with Gasteiger partial charge in [0.2, 0.25) is 5.91 Å². The third-order valence-electron chi connectivity index (χ3n) is 3.19. The lowest BCUT2D eigenvalue weighted by atomic mass is 9.96. The molecule has 16 heavy (non-hydrogen) atoms. The van der Waals surface area contributed by atoms with Crippen molar-refractivity contribution in [3.63, 3.8) is 0 Å². The standard InChI is InChI=1S/C11H20N2O3/c1-10(2)7-13(4-6-16-10)9(14)11(12)3-5-15-8-11/h3-8,12H2,1-2H3. The average Bonchev–Trinajstić information content (AvgIpc) is 2.64. The van der Waals surface area contributed by atoms with E-state index in [0.717, 1.165) is 0 Å². The Labute approximate surface area is 95.9 Å². The van der Waals surface area contributed by atoms with Gasteiger partial charge in [0.1, 0.15) is 5.54 Å². The first-order valence-electron chi connectivity index (χ1n) is 5.73. The van der Waals surface area contributed by atoms with Crippen molar-refractivity contribution >= 4 is 5.91 Å². The molecule has 2 heterocycles. The molecule has 2 rings (SSSR count). The highest BCUT2D eigenvalue weighted by molar-refractivity contribution is 5.86. The molecule has 0 saturated carbocycles. The first-order valence-corrected chi connectivity index (χ1v) is 5.73. The van der Waals surface area contributed by atoms with Crippen LogP contribution in [0.5, 0.6) is 0 Å². The van der Waals surface area contributed by atoms with E-state index in [2.05, 4.69) is 0 Å². The summed E-state index contributed by atoms with van der Waals surface area (Å²) in [4.78, 5) is 14.1. The van der Waals surface area contributed by atoms with Crippen molar-refractivity contribution in [2.45, 2.75) is 31.4 Å². The minimum Gasteiger partial charge on any atom is -0.379 e. The van der Waals surface area contributed by atoms with Crippen molar-refractivity contribution in [2.75, 3.05) is 32.9 Å². The fourth-order valence-electron chi connectivity index (χ4n) is 2.25. The Balaban J connectivity index is 2.04. The van der Waals surface area contributed by atoms with Crippen molar-refractivity contribution in [1.29, 1.82) is 0 Å². The predicted octanol–water partition coefficient (Wildman–Crippen LogP) is -0.258. The molecule has 2 saturated heterocycles. The number of morpholine rings is 1. The number of nitrogens with zero attached hydrogens (tertiary/aromatic N) is 1. The molecule has 1 unspecified atom stereocenters. The third-order valence-corrected chi connectivity index (χ3v) is 3.19. The molecule has 0 aromatic rings. The summed E-state index contributed by atoms with van der Waals surface area (Å²) in [5.41, 5.74) is 4.98. The SMILES string of the molecule is CC1(C)CN(C(=O)C2(N)CCOC2)CCO1. The van der Waals surface area contributed by atoms with E-state index in [0.29, 0.717) is 39.3 Å². The molecule has 2 fully saturated rings. The van der Waals surface area contributed by atoms with Crippen LogP contribution in [0, 0.1) is 0 Å². The lowest BCUT2D eigenvalue weighted by Gasteiger charge is -2.40. The number of nitrogens with two attached hydrogens (primary N) is 1. The Bertz CT molecular complexity index is 285. The van der Waals surface area contributed by atoms with E-state index in [1.165, 1.54) is 0 Å². The Kier molecular flexibility index (Phi) is 2.94. The van der Waals surface area contributed by atoms with Crippen LogP contribution in [-0.4, -0.2) is 54.9 Å². The number of carbonyl (C=O) groups is 1. The summed E-state index contributed by atoms with van der Waals surface area (Å²) in [5.74, 6) is 0.00127. The molecule has 5 nitrogen and oxygen atoms in total.